The van der Waals surface area contributed by atoms with Gasteiger partial charge >= 0.3 is 6.09 Å². The van der Waals surface area contributed by atoms with E-state index in [1.807, 2.05) is 83.4 Å². The fourth-order valence-electron chi connectivity index (χ4n) is 4.94. The number of carbonyl (C=O) groups excluding carboxylic acids is 1. The Hall–Kier alpha value is -4.14. The number of hydrogen-bond donors (Lipinski definition) is 1. The number of carbonyl (C=O) groups is 1. The Labute approximate surface area is 241 Å². The van der Waals surface area contributed by atoms with Crippen molar-refractivity contribution in [1.29, 1.82) is 0 Å². The molecule has 1 fully saturated rings. The zero-order valence-electron chi connectivity index (χ0n) is 21.5. The lowest BCUT2D eigenvalue weighted by atomic mass is 10.1. The number of anilines is 1. The molecule has 0 unspecified atom stereocenters. The van der Waals surface area contributed by atoms with Gasteiger partial charge in [-0.1, -0.05) is 65.7 Å². The number of ether oxygens (including phenoxy) is 1. The average molecular weight is 573 g/mol. The minimum absolute atomic E-state index is 0.0159. The number of piperidine rings is 1. The van der Waals surface area contributed by atoms with E-state index >= 15 is 0 Å². The summed E-state index contributed by atoms with van der Waals surface area (Å²) in [6.07, 6.45) is 2.66. The van der Waals surface area contributed by atoms with Crippen LogP contribution in [0.2, 0.25) is 10.0 Å². The van der Waals surface area contributed by atoms with E-state index < -0.39 is 6.09 Å². The minimum Gasteiger partial charge on any atom is -0.445 e. The third-order valence-corrected chi connectivity index (χ3v) is 7.54. The molecule has 3 aromatic carbocycles. The van der Waals surface area contributed by atoms with Gasteiger partial charge < -0.3 is 15.0 Å². The van der Waals surface area contributed by atoms with Crippen LogP contribution in [0, 0.1) is 0 Å². The molecule has 1 N–H and O–H groups in total. The fraction of sp³-hybridized carbons (Fsp3) is 0.200. The van der Waals surface area contributed by atoms with Crippen LogP contribution in [0.4, 0.5) is 10.6 Å². The van der Waals surface area contributed by atoms with Gasteiger partial charge in [0.15, 0.2) is 17.0 Å². The fourth-order valence-corrected chi connectivity index (χ4v) is 5.28. The van der Waals surface area contributed by atoms with E-state index in [4.69, 9.17) is 32.9 Å². The first-order chi connectivity index (χ1) is 19.6. The maximum absolute atomic E-state index is 12.4. The Bertz CT molecular complexity index is 1630. The van der Waals surface area contributed by atoms with Crippen LogP contribution in [0.1, 0.15) is 18.4 Å². The van der Waals surface area contributed by atoms with Crippen LogP contribution < -0.4 is 10.2 Å². The highest BCUT2D eigenvalue weighted by atomic mass is 35.5. The molecular formula is C30H26Cl2N6O2. The predicted molar refractivity (Wildman–Crippen MR) is 157 cm³/mol. The van der Waals surface area contributed by atoms with Gasteiger partial charge in [-0.15, -0.1) is 0 Å². The Kier molecular flexibility index (Phi) is 7.53. The SMILES string of the molecule is O=C(NC1CCN(c2ncnc3c2nc(-c2ccccc2Cl)n3-c2ccc(Cl)cc2)CC1)OCc1ccccc1. The Morgan fingerprint density at radius 3 is 2.40 bits per heavy atom. The normalized spacial score (nSPS) is 13.9. The molecule has 1 aliphatic heterocycles. The number of nitrogens with zero attached hydrogens (tertiary/aromatic N) is 5. The number of hydrogen-bond acceptors (Lipinski definition) is 6. The van der Waals surface area contributed by atoms with E-state index in [-0.39, 0.29) is 12.6 Å². The van der Waals surface area contributed by atoms with E-state index in [2.05, 4.69) is 20.2 Å². The summed E-state index contributed by atoms with van der Waals surface area (Å²) < 4.78 is 7.38. The number of halogens is 2. The largest absolute Gasteiger partial charge is 0.445 e. The lowest BCUT2D eigenvalue weighted by Gasteiger charge is -2.32. The summed E-state index contributed by atoms with van der Waals surface area (Å²) in [5, 5.41) is 4.23. The third-order valence-electron chi connectivity index (χ3n) is 6.95. The average Bonchev–Trinajstić information content (AvgIpc) is 3.37. The molecule has 40 heavy (non-hydrogen) atoms. The van der Waals surface area contributed by atoms with Crippen molar-refractivity contribution in [3.05, 3.63) is 101 Å². The molecule has 0 saturated carbocycles. The first-order valence-corrected chi connectivity index (χ1v) is 13.8. The second kappa shape index (κ2) is 11.5. The van der Waals surface area contributed by atoms with Gasteiger partial charge in [0, 0.05) is 35.4 Å². The van der Waals surface area contributed by atoms with E-state index in [0.717, 1.165) is 35.5 Å². The summed E-state index contributed by atoms with van der Waals surface area (Å²) in [4.78, 5) is 28.8. The van der Waals surface area contributed by atoms with E-state index in [1.165, 1.54) is 0 Å². The lowest BCUT2D eigenvalue weighted by molar-refractivity contribution is 0.134. The molecule has 202 valence electrons. The monoisotopic (exact) mass is 572 g/mol. The molecule has 3 heterocycles. The Morgan fingerprint density at radius 1 is 0.925 bits per heavy atom. The van der Waals surface area contributed by atoms with Crippen LogP contribution in [0.5, 0.6) is 0 Å². The molecule has 0 aliphatic carbocycles. The van der Waals surface area contributed by atoms with Crippen LogP contribution in [0.15, 0.2) is 85.2 Å². The highest BCUT2D eigenvalue weighted by molar-refractivity contribution is 6.33. The van der Waals surface area contributed by atoms with Gasteiger partial charge in [-0.25, -0.2) is 19.7 Å². The topological polar surface area (TPSA) is 85.2 Å². The summed E-state index contributed by atoms with van der Waals surface area (Å²) in [6, 6.07) is 24.8. The van der Waals surface area contributed by atoms with Gasteiger partial charge in [0.05, 0.1) is 5.02 Å². The standard InChI is InChI=1S/C30H26Cl2N6O2/c31-21-10-12-23(13-11-21)38-27(24-8-4-5-9-25(24)32)36-26-28(33-19-34-29(26)38)37-16-14-22(15-17-37)35-30(39)40-18-20-6-2-1-3-7-20/h1-13,19,22H,14-18H2,(H,35,39). The molecule has 6 rings (SSSR count). The van der Waals surface area contributed by atoms with Crippen LogP contribution in [-0.2, 0) is 11.3 Å². The van der Waals surface area contributed by atoms with Crippen LogP contribution in [0.25, 0.3) is 28.2 Å². The number of alkyl carbamates (subject to hydrolysis) is 1. The van der Waals surface area contributed by atoms with Crippen molar-refractivity contribution < 1.29 is 9.53 Å². The number of fused-ring (bicyclic) bond motifs is 1. The van der Waals surface area contributed by atoms with Crippen molar-refractivity contribution in [2.24, 2.45) is 0 Å². The van der Waals surface area contributed by atoms with Gasteiger partial charge in [0.1, 0.15) is 18.8 Å². The third kappa shape index (κ3) is 5.46. The maximum atomic E-state index is 12.4. The quantitative estimate of drug-likeness (QED) is 0.244. The molecule has 1 amide bonds. The molecule has 1 saturated heterocycles. The zero-order chi connectivity index (χ0) is 27.5. The van der Waals surface area contributed by atoms with Crippen molar-refractivity contribution in [3.8, 4) is 17.1 Å². The van der Waals surface area contributed by atoms with Crippen LogP contribution in [-0.4, -0.2) is 44.7 Å². The van der Waals surface area contributed by atoms with E-state index in [9.17, 15) is 4.79 Å². The molecule has 0 spiro atoms. The molecule has 0 atom stereocenters. The van der Waals surface area contributed by atoms with Gasteiger partial charge in [0.25, 0.3) is 0 Å². The first-order valence-electron chi connectivity index (χ1n) is 13.0. The molecule has 5 aromatic rings. The van der Waals surface area contributed by atoms with Crippen molar-refractivity contribution in [2.75, 3.05) is 18.0 Å². The first kappa shape index (κ1) is 26.1. The summed E-state index contributed by atoms with van der Waals surface area (Å²) >= 11 is 12.8. The minimum atomic E-state index is -0.405. The summed E-state index contributed by atoms with van der Waals surface area (Å²) in [7, 11) is 0. The van der Waals surface area contributed by atoms with Crippen molar-refractivity contribution >= 4 is 46.3 Å². The highest BCUT2D eigenvalue weighted by Gasteiger charge is 2.26. The number of nitrogens with one attached hydrogen (secondary N) is 1. The van der Waals surface area contributed by atoms with Crippen LogP contribution in [0.3, 0.4) is 0 Å². The summed E-state index contributed by atoms with van der Waals surface area (Å²) in [6.45, 7) is 1.64. The summed E-state index contributed by atoms with van der Waals surface area (Å²) in [5.74, 6) is 1.42. The second-order valence-electron chi connectivity index (χ2n) is 9.56. The number of aromatic nitrogens is 4. The summed E-state index contributed by atoms with van der Waals surface area (Å²) in [5.41, 5.74) is 3.96. The Morgan fingerprint density at radius 2 is 1.65 bits per heavy atom. The van der Waals surface area contributed by atoms with E-state index in [0.29, 0.717) is 40.1 Å². The van der Waals surface area contributed by atoms with Crippen molar-refractivity contribution in [1.82, 2.24) is 24.8 Å². The Balaban J connectivity index is 1.24. The number of imidazole rings is 1. The van der Waals surface area contributed by atoms with E-state index in [1.54, 1.807) is 6.33 Å². The molecule has 2 aromatic heterocycles. The number of rotatable bonds is 6. The lowest BCUT2D eigenvalue weighted by Crippen LogP contribution is -2.45. The maximum Gasteiger partial charge on any atom is 0.407 e. The molecule has 1 aliphatic rings. The van der Waals surface area contributed by atoms with Gasteiger partial charge in [-0.2, -0.15) is 0 Å². The molecular weight excluding hydrogens is 547 g/mol. The second-order valence-corrected chi connectivity index (χ2v) is 10.4. The van der Waals surface area contributed by atoms with Crippen molar-refractivity contribution in [2.45, 2.75) is 25.5 Å². The smallest absolute Gasteiger partial charge is 0.407 e. The molecule has 10 heteroatoms. The van der Waals surface area contributed by atoms with Crippen LogP contribution >= 0.6 is 23.2 Å². The molecule has 8 nitrogen and oxygen atoms in total. The molecule has 0 bridgehead atoms. The number of amides is 1. The highest BCUT2D eigenvalue weighted by Crippen LogP contribution is 2.35. The van der Waals surface area contributed by atoms with Gasteiger partial charge in [0.2, 0.25) is 0 Å². The van der Waals surface area contributed by atoms with Crippen molar-refractivity contribution in [3.63, 3.8) is 0 Å². The predicted octanol–water partition coefficient (Wildman–Crippen LogP) is 6.68. The van der Waals surface area contributed by atoms with Gasteiger partial charge in [-0.3, -0.25) is 4.57 Å². The van der Waals surface area contributed by atoms with Gasteiger partial charge in [-0.05, 0) is 54.8 Å². The zero-order valence-corrected chi connectivity index (χ0v) is 23.0. The number of benzene rings is 3. The molecule has 0 radical (unpaired) electrons.